The van der Waals surface area contributed by atoms with Gasteiger partial charge in [-0.1, -0.05) is 11.3 Å². The van der Waals surface area contributed by atoms with Crippen LogP contribution in [0.3, 0.4) is 0 Å². The summed E-state index contributed by atoms with van der Waals surface area (Å²) in [6, 6.07) is 4.52. The monoisotopic (exact) mass is 367 g/mol. The first-order chi connectivity index (χ1) is 11.2. The zero-order chi connectivity index (χ0) is 17.6. The number of hydrogen-bond acceptors (Lipinski definition) is 6. The number of aryl methyl sites for hydroxylation is 1. The fraction of sp³-hybridized carbons (Fsp3) is 0.333. The van der Waals surface area contributed by atoms with Crippen molar-refractivity contribution in [3.05, 3.63) is 34.3 Å². The summed E-state index contributed by atoms with van der Waals surface area (Å²) >= 11 is 1.32. The molecule has 9 heteroatoms. The van der Waals surface area contributed by atoms with E-state index in [2.05, 4.69) is 4.98 Å². The number of nitrogens with zero attached hydrogens (tertiary/aromatic N) is 3. The molecule has 1 aliphatic heterocycles. The van der Waals surface area contributed by atoms with E-state index < -0.39 is 10.1 Å². The molecule has 0 unspecified atom stereocenters. The van der Waals surface area contributed by atoms with Gasteiger partial charge in [0.25, 0.3) is 16.0 Å². The third kappa shape index (κ3) is 2.90. The summed E-state index contributed by atoms with van der Waals surface area (Å²) in [6.45, 7) is 2.45. The number of carbonyl (C=O) groups excluding carboxylic acids is 1. The van der Waals surface area contributed by atoms with E-state index in [1.165, 1.54) is 28.4 Å². The van der Waals surface area contributed by atoms with Gasteiger partial charge in [-0.2, -0.15) is 8.42 Å². The van der Waals surface area contributed by atoms with Gasteiger partial charge in [0.2, 0.25) is 0 Å². The maximum absolute atomic E-state index is 12.2. The van der Waals surface area contributed by atoms with Crippen molar-refractivity contribution in [3.8, 4) is 0 Å². The van der Waals surface area contributed by atoms with Crippen LogP contribution in [0.5, 0.6) is 0 Å². The molecule has 0 saturated carbocycles. The number of amides is 1. The van der Waals surface area contributed by atoms with Crippen LogP contribution in [0.25, 0.3) is 0 Å². The summed E-state index contributed by atoms with van der Waals surface area (Å²) in [5.41, 5.74) is 2.36. The van der Waals surface area contributed by atoms with Crippen molar-refractivity contribution in [2.24, 2.45) is 0 Å². The van der Waals surface area contributed by atoms with Gasteiger partial charge in [-0.3, -0.25) is 9.35 Å². The van der Waals surface area contributed by atoms with Gasteiger partial charge in [0.05, 0.1) is 10.6 Å². The standard InChI is InChI=1S/C15H17N3O4S2/c1-9-13(14(19)17(2)3)23-15(16-9)18-7-6-10-8-11(24(20,21)22)4-5-12(10)18/h4-5,8H,6-7H2,1-3H3,(H,20,21,22). The lowest BCUT2D eigenvalue weighted by molar-refractivity contribution is 0.0831. The summed E-state index contributed by atoms with van der Waals surface area (Å²) in [5.74, 6) is -0.0857. The smallest absolute Gasteiger partial charge is 0.294 e. The van der Waals surface area contributed by atoms with E-state index in [-0.39, 0.29) is 10.8 Å². The van der Waals surface area contributed by atoms with Crippen molar-refractivity contribution in [2.45, 2.75) is 18.2 Å². The highest BCUT2D eigenvalue weighted by atomic mass is 32.2. The van der Waals surface area contributed by atoms with Gasteiger partial charge in [-0.25, -0.2) is 4.98 Å². The third-order valence-corrected chi connectivity index (χ3v) is 5.88. The van der Waals surface area contributed by atoms with Crippen LogP contribution in [0.2, 0.25) is 0 Å². The lowest BCUT2D eigenvalue weighted by Gasteiger charge is -2.15. The predicted molar refractivity (Wildman–Crippen MR) is 91.8 cm³/mol. The average Bonchev–Trinajstić information content (AvgIpc) is 3.08. The Kier molecular flexibility index (Phi) is 4.10. The Morgan fingerprint density at radius 1 is 1.38 bits per heavy atom. The van der Waals surface area contributed by atoms with Crippen molar-refractivity contribution in [1.82, 2.24) is 9.88 Å². The highest BCUT2D eigenvalue weighted by molar-refractivity contribution is 7.85. The molecule has 128 valence electrons. The van der Waals surface area contributed by atoms with Gasteiger partial charge in [-0.05, 0) is 37.1 Å². The number of aromatic nitrogens is 1. The van der Waals surface area contributed by atoms with Gasteiger partial charge in [-0.15, -0.1) is 0 Å². The summed E-state index contributed by atoms with van der Waals surface area (Å²) < 4.78 is 31.7. The second kappa shape index (κ2) is 5.83. The molecule has 1 aromatic heterocycles. The number of fused-ring (bicyclic) bond motifs is 1. The maximum atomic E-state index is 12.2. The molecule has 0 spiro atoms. The Bertz CT molecular complexity index is 919. The first kappa shape index (κ1) is 16.9. The Morgan fingerprint density at radius 3 is 2.71 bits per heavy atom. The fourth-order valence-corrected chi connectivity index (χ4v) is 4.30. The molecule has 2 heterocycles. The second-order valence-electron chi connectivity index (χ2n) is 5.78. The van der Waals surface area contributed by atoms with E-state index in [1.54, 1.807) is 27.1 Å². The van der Waals surface area contributed by atoms with E-state index in [0.29, 0.717) is 28.7 Å². The van der Waals surface area contributed by atoms with Crippen LogP contribution in [0, 0.1) is 6.92 Å². The van der Waals surface area contributed by atoms with E-state index >= 15 is 0 Å². The normalized spacial score (nSPS) is 13.9. The molecule has 1 aliphatic rings. The molecular weight excluding hydrogens is 350 g/mol. The molecule has 2 aromatic rings. The lowest BCUT2D eigenvalue weighted by Crippen LogP contribution is -2.21. The number of carbonyl (C=O) groups is 1. The van der Waals surface area contributed by atoms with Gasteiger partial charge in [0.15, 0.2) is 5.13 Å². The minimum Gasteiger partial charge on any atom is -0.344 e. The Labute approximate surface area is 144 Å². The molecule has 7 nitrogen and oxygen atoms in total. The van der Waals surface area contributed by atoms with Crippen LogP contribution >= 0.6 is 11.3 Å². The van der Waals surface area contributed by atoms with Crippen LogP contribution in [0.15, 0.2) is 23.1 Å². The number of thiazole rings is 1. The minimum atomic E-state index is -4.21. The zero-order valence-electron chi connectivity index (χ0n) is 13.5. The molecule has 24 heavy (non-hydrogen) atoms. The Hall–Kier alpha value is -1.97. The molecule has 1 amide bonds. The van der Waals surface area contributed by atoms with E-state index in [4.69, 9.17) is 4.55 Å². The van der Waals surface area contributed by atoms with Crippen LogP contribution < -0.4 is 4.90 Å². The van der Waals surface area contributed by atoms with Crippen LogP contribution in [-0.4, -0.2) is 49.4 Å². The molecule has 3 rings (SSSR count). The van der Waals surface area contributed by atoms with E-state index in [0.717, 1.165) is 11.3 Å². The Morgan fingerprint density at radius 2 is 2.08 bits per heavy atom. The van der Waals surface area contributed by atoms with Crippen LogP contribution in [0.1, 0.15) is 20.9 Å². The minimum absolute atomic E-state index is 0.0857. The first-order valence-corrected chi connectivity index (χ1v) is 9.51. The van der Waals surface area contributed by atoms with E-state index in [1.807, 2.05) is 4.90 Å². The highest BCUT2D eigenvalue weighted by Crippen LogP contribution is 2.38. The van der Waals surface area contributed by atoms with Crippen molar-refractivity contribution in [3.63, 3.8) is 0 Å². The largest absolute Gasteiger partial charge is 0.344 e. The van der Waals surface area contributed by atoms with Gasteiger partial charge in [0, 0.05) is 26.3 Å². The predicted octanol–water partition coefficient (Wildman–Crippen LogP) is 2.09. The van der Waals surface area contributed by atoms with Gasteiger partial charge in [0.1, 0.15) is 4.88 Å². The van der Waals surface area contributed by atoms with Crippen molar-refractivity contribution in [2.75, 3.05) is 25.5 Å². The van der Waals surface area contributed by atoms with Gasteiger partial charge >= 0.3 is 0 Å². The quantitative estimate of drug-likeness (QED) is 0.836. The molecule has 0 radical (unpaired) electrons. The number of anilines is 2. The second-order valence-corrected chi connectivity index (χ2v) is 8.18. The van der Waals surface area contributed by atoms with Crippen molar-refractivity contribution < 1.29 is 17.8 Å². The maximum Gasteiger partial charge on any atom is 0.294 e. The molecule has 1 aromatic carbocycles. The molecule has 0 aliphatic carbocycles. The molecular formula is C15H17N3O4S2. The van der Waals surface area contributed by atoms with Crippen molar-refractivity contribution >= 4 is 38.2 Å². The molecule has 0 bridgehead atoms. The summed E-state index contributed by atoms with van der Waals surface area (Å²) in [7, 11) is -0.816. The first-order valence-electron chi connectivity index (χ1n) is 7.25. The van der Waals surface area contributed by atoms with Crippen LogP contribution in [0.4, 0.5) is 10.8 Å². The zero-order valence-corrected chi connectivity index (χ0v) is 15.1. The van der Waals surface area contributed by atoms with Gasteiger partial charge < -0.3 is 9.80 Å². The highest BCUT2D eigenvalue weighted by Gasteiger charge is 2.27. The fourth-order valence-electron chi connectivity index (χ4n) is 2.64. The third-order valence-electron chi connectivity index (χ3n) is 3.86. The number of benzene rings is 1. The SMILES string of the molecule is Cc1nc(N2CCc3cc(S(=O)(=O)O)ccc32)sc1C(=O)N(C)C. The topological polar surface area (TPSA) is 90.8 Å². The van der Waals surface area contributed by atoms with Crippen LogP contribution in [-0.2, 0) is 16.5 Å². The molecule has 1 N–H and O–H groups in total. The van der Waals surface area contributed by atoms with Crippen molar-refractivity contribution in [1.29, 1.82) is 0 Å². The average molecular weight is 367 g/mol. The summed E-state index contributed by atoms with van der Waals surface area (Å²) in [6.07, 6.45) is 0.647. The lowest BCUT2D eigenvalue weighted by atomic mass is 10.2. The summed E-state index contributed by atoms with van der Waals surface area (Å²) in [4.78, 5) is 20.6. The van der Waals surface area contributed by atoms with E-state index in [9.17, 15) is 13.2 Å². The number of rotatable bonds is 3. The molecule has 0 fully saturated rings. The number of hydrogen-bond donors (Lipinski definition) is 1. The molecule has 0 saturated heterocycles. The Balaban J connectivity index is 1.98. The summed E-state index contributed by atoms with van der Waals surface area (Å²) in [5, 5.41) is 0.705. The molecule has 0 atom stereocenters.